The lowest BCUT2D eigenvalue weighted by Gasteiger charge is -2.22. The van der Waals surface area contributed by atoms with Crippen molar-refractivity contribution in [1.82, 2.24) is 5.32 Å². The average molecular weight is 223 g/mol. The maximum Gasteiger partial charge on any atom is 0.159 e. The van der Waals surface area contributed by atoms with Gasteiger partial charge in [0.25, 0.3) is 0 Å². The Bertz CT molecular complexity index is 393. The Labute approximate surface area is 94.9 Å². The van der Waals surface area contributed by atoms with Crippen molar-refractivity contribution in [2.24, 2.45) is 5.92 Å². The molecule has 0 bridgehead atoms. The highest BCUT2D eigenvalue weighted by atomic mass is 19.2. The summed E-state index contributed by atoms with van der Waals surface area (Å²) in [4.78, 5) is 0. The maximum absolute atomic E-state index is 13.1. The minimum atomic E-state index is -0.830. The van der Waals surface area contributed by atoms with Gasteiger partial charge in [-0.3, -0.25) is 5.32 Å². The first kappa shape index (κ1) is 12.7. The fourth-order valence-corrected chi connectivity index (χ4v) is 1.61. The molecule has 0 aliphatic rings. The van der Waals surface area contributed by atoms with Crippen LogP contribution in [0.15, 0.2) is 18.2 Å². The molecule has 1 atom stereocenters. The number of terminal acetylenes is 1. The normalized spacial score (nSPS) is 12.5. The van der Waals surface area contributed by atoms with Crippen molar-refractivity contribution in [3.63, 3.8) is 0 Å². The molecule has 0 heterocycles. The van der Waals surface area contributed by atoms with E-state index in [-0.39, 0.29) is 12.0 Å². The van der Waals surface area contributed by atoms with Gasteiger partial charge < -0.3 is 0 Å². The molecule has 0 fully saturated rings. The van der Waals surface area contributed by atoms with Crippen molar-refractivity contribution >= 4 is 0 Å². The van der Waals surface area contributed by atoms with Crippen LogP contribution in [-0.2, 0) is 0 Å². The van der Waals surface area contributed by atoms with Crippen molar-refractivity contribution in [2.75, 3.05) is 6.54 Å². The molecule has 1 aromatic carbocycles. The molecule has 86 valence electrons. The van der Waals surface area contributed by atoms with Crippen LogP contribution < -0.4 is 5.32 Å². The monoisotopic (exact) mass is 223 g/mol. The Balaban J connectivity index is 2.93. The van der Waals surface area contributed by atoms with Gasteiger partial charge in [0.2, 0.25) is 0 Å². The molecule has 0 radical (unpaired) electrons. The fourth-order valence-electron chi connectivity index (χ4n) is 1.61. The Morgan fingerprint density at radius 2 is 2.00 bits per heavy atom. The molecule has 0 saturated carbocycles. The molecular formula is C13H15F2N. The van der Waals surface area contributed by atoms with Gasteiger partial charge >= 0.3 is 0 Å². The summed E-state index contributed by atoms with van der Waals surface area (Å²) in [6.45, 7) is 4.40. The average Bonchev–Trinajstić information content (AvgIpc) is 2.23. The molecule has 1 N–H and O–H groups in total. The highest BCUT2D eigenvalue weighted by molar-refractivity contribution is 5.22. The molecule has 0 aliphatic heterocycles. The molecule has 1 rings (SSSR count). The van der Waals surface area contributed by atoms with E-state index in [0.717, 1.165) is 6.07 Å². The van der Waals surface area contributed by atoms with Gasteiger partial charge in [0, 0.05) is 6.04 Å². The predicted molar refractivity (Wildman–Crippen MR) is 60.8 cm³/mol. The van der Waals surface area contributed by atoms with Crippen LogP contribution in [0.4, 0.5) is 8.78 Å². The topological polar surface area (TPSA) is 12.0 Å². The number of hydrogen-bond donors (Lipinski definition) is 1. The fraction of sp³-hybridized carbons (Fsp3) is 0.385. The second-order valence-corrected chi connectivity index (χ2v) is 3.98. The zero-order valence-corrected chi connectivity index (χ0v) is 9.43. The third kappa shape index (κ3) is 3.04. The summed E-state index contributed by atoms with van der Waals surface area (Å²) in [6.07, 6.45) is 5.16. The molecule has 0 saturated heterocycles. The summed E-state index contributed by atoms with van der Waals surface area (Å²) >= 11 is 0. The molecule has 16 heavy (non-hydrogen) atoms. The van der Waals surface area contributed by atoms with Crippen molar-refractivity contribution in [3.8, 4) is 12.3 Å². The number of nitrogens with one attached hydrogen (secondary N) is 1. The van der Waals surface area contributed by atoms with Crippen molar-refractivity contribution < 1.29 is 8.78 Å². The lowest BCUT2D eigenvalue weighted by atomic mass is 9.96. The molecule has 0 aromatic heterocycles. The van der Waals surface area contributed by atoms with Crippen LogP contribution in [0, 0.1) is 29.9 Å². The van der Waals surface area contributed by atoms with Crippen molar-refractivity contribution in [2.45, 2.75) is 19.9 Å². The molecule has 0 spiro atoms. The van der Waals surface area contributed by atoms with E-state index < -0.39 is 11.6 Å². The molecule has 1 aromatic rings. The highest BCUT2D eigenvalue weighted by Gasteiger charge is 2.16. The number of hydrogen-bond acceptors (Lipinski definition) is 1. The summed E-state index contributed by atoms with van der Waals surface area (Å²) in [6, 6.07) is 3.86. The maximum atomic E-state index is 13.1. The molecule has 0 aliphatic carbocycles. The van der Waals surface area contributed by atoms with Gasteiger partial charge in [0.05, 0.1) is 6.54 Å². The quantitative estimate of drug-likeness (QED) is 0.774. The second kappa shape index (κ2) is 5.62. The number of halogens is 2. The van der Waals surface area contributed by atoms with Gasteiger partial charge in [-0.15, -0.1) is 6.42 Å². The SMILES string of the molecule is C#CCNC(c1ccc(F)c(F)c1)C(C)C. The highest BCUT2D eigenvalue weighted by Crippen LogP contribution is 2.22. The third-order valence-electron chi connectivity index (χ3n) is 2.39. The third-order valence-corrected chi connectivity index (χ3v) is 2.39. The first-order valence-corrected chi connectivity index (χ1v) is 5.18. The summed E-state index contributed by atoms with van der Waals surface area (Å²) in [5.74, 6) is 1.06. The van der Waals surface area contributed by atoms with E-state index >= 15 is 0 Å². The smallest absolute Gasteiger partial charge is 0.159 e. The van der Waals surface area contributed by atoms with E-state index in [0.29, 0.717) is 12.1 Å². The lowest BCUT2D eigenvalue weighted by molar-refractivity contribution is 0.426. The van der Waals surface area contributed by atoms with Crippen LogP contribution >= 0.6 is 0 Å². The zero-order valence-electron chi connectivity index (χ0n) is 9.43. The van der Waals surface area contributed by atoms with Crippen LogP contribution in [0.2, 0.25) is 0 Å². The largest absolute Gasteiger partial charge is 0.299 e. The van der Waals surface area contributed by atoms with E-state index in [1.807, 2.05) is 13.8 Å². The van der Waals surface area contributed by atoms with Crippen LogP contribution in [-0.4, -0.2) is 6.54 Å². The van der Waals surface area contributed by atoms with Crippen LogP contribution in [0.1, 0.15) is 25.5 Å². The first-order chi connectivity index (χ1) is 7.56. The zero-order chi connectivity index (χ0) is 12.1. The molecule has 3 heteroatoms. The Morgan fingerprint density at radius 1 is 1.31 bits per heavy atom. The van der Waals surface area contributed by atoms with E-state index in [9.17, 15) is 8.78 Å². The first-order valence-electron chi connectivity index (χ1n) is 5.18. The van der Waals surface area contributed by atoms with Gasteiger partial charge in [-0.05, 0) is 23.6 Å². The summed E-state index contributed by atoms with van der Waals surface area (Å²) in [5, 5.41) is 3.11. The summed E-state index contributed by atoms with van der Waals surface area (Å²) in [7, 11) is 0. The van der Waals surface area contributed by atoms with Gasteiger partial charge in [-0.2, -0.15) is 0 Å². The van der Waals surface area contributed by atoms with Crippen LogP contribution in [0.3, 0.4) is 0 Å². The lowest BCUT2D eigenvalue weighted by Crippen LogP contribution is -2.26. The van der Waals surface area contributed by atoms with E-state index in [2.05, 4.69) is 11.2 Å². The molecule has 0 amide bonds. The van der Waals surface area contributed by atoms with Crippen LogP contribution in [0.5, 0.6) is 0 Å². The number of rotatable bonds is 4. The van der Waals surface area contributed by atoms with Crippen molar-refractivity contribution in [3.05, 3.63) is 35.4 Å². The predicted octanol–water partition coefficient (Wildman–Crippen LogP) is 2.88. The van der Waals surface area contributed by atoms with E-state index in [1.54, 1.807) is 6.07 Å². The van der Waals surface area contributed by atoms with Gasteiger partial charge in [0.1, 0.15) is 0 Å². The van der Waals surface area contributed by atoms with Gasteiger partial charge in [0.15, 0.2) is 11.6 Å². The Kier molecular flexibility index (Phi) is 4.45. The van der Waals surface area contributed by atoms with Gasteiger partial charge in [-0.1, -0.05) is 25.8 Å². The second-order valence-electron chi connectivity index (χ2n) is 3.98. The van der Waals surface area contributed by atoms with Gasteiger partial charge in [-0.25, -0.2) is 8.78 Å². The Morgan fingerprint density at radius 3 is 2.50 bits per heavy atom. The van der Waals surface area contributed by atoms with Crippen molar-refractivity contribution in [1.29, 1.82) is 0 Å². The summed E-state index contributed by atoms with van der Waals surface area (Å²) < 4.78 is 25.9. The van der Waals surface area contributed by atoms with E-state index in [1.165, 1.54) is 6.07 Å². The standard InChI is InChI=1S/C13H15F2N/c1-4-7-16-13(9(2)3)10-5-6-11(14)12(15)8-10/h1,5-6,8-9,13,16H,7H2,2-3H3. The summed E-state index contributed by atoms with van der Waals surface area (Å²) in [5.41, 5.74) is 0.712. The minimum Gasteiger partial charge on any atom is -0.299 e. The Hall–Kier alpha value is -1.40. The molecule has 1 nitrogen and oxygen atoms in total. The minimum absolute atomic E-state index is 0.0638. The van der Waals surface area contributed by atoms with E-state index in [4.69, 9.17) is 6.42 Å². The van der Waals surface area contributed by atoms with Crippen LogP contribution in [0.25, 0.3) is 0 Å². The molecule has 1 unspecified atom stereocenters. The number of benzene rings is 1. The molecular weight excluding hydrogens is 208 g/mol.